The molecule has 0 aromatic heterocycles. The number of carbonyl (C=O) groups is 1. The molecular formula is C5H13N2O3P. The van der Waals surface area contributed by atoms with Crippen LogP contribution in [0.2, 0.25) is 0 Å². The summed E-state index contributed by atoms with van der Waals surface area (Å²) in [6.45, 7) is 2.68. The average molecular weight is 180 g/mol. The molecule has 0 aliphatic heterocycles. The molecule has 4 N–H and O–H groups in total. The molecule has 0 rings (SSSR count). The summed E-state index contributed by atoms with van der Waals surface area (Å²) in [5.41, 5.74) is 5.18. The molecule has 0 heterocycles. The molecule has 1 amide bonds. The second-order valence-electron chi connectivity index (χ2n) is 2.54. The number of nitrogens with one attached hydrogen (secondary N) is 1. The van der Waals surface area contributed by atoms with E-state index in [9.17, 15) is 9.36 Å². The van der Waals surface area contributed by atoms with Crippen LogP contribution in [-0.4, -0.2) is 29.8 Å². The lowest BCUT2D eigenvalue weighted by Gasteiger charge is -2.08. The minimum atomic E-state index is -3.15. The van der Waals surface area contributed by atoms with Crippen LogP contribution in [0.15, 0.2) is 0 Å². The average Bonchev–Trinajstić information content (AvgIpc) is 1.80. The molecular weight excluding hydrogens is 167 g/mol. The first kappa shape index (κ1) is 10.6. The number of carbonyl (C=O) groups excluding carboxylic acids is 1. The first-order chi connectivity index (χ1) is 4.83. The van der Waals surface area contributed by atoms with Crippen molar-refractivity contribution in [2.75, 3.05) is 13.0 Å². The highest BCUT2D eigenvalue weighted by Crippen LogP contribution is 2.32. The van der Waals surface area contributed by atoms with Crippen LogP contribution in [0.25, 0.3) is 0 Å². The topological polar surface area (TPSA) is 92.4 Å². The third-order valence-electron chi connectivity index (χ3n) is 0.960. The van der Waals surface area contributed by atoms with E-state index in [2.05, 4.69) is 5.32 Å². The van der Waals surface area contributed by atoms with Crippen LogP contribution in [-0.2, 0) is 9.36 Å². The van der Waals surface area contributed by atoms with Crippen LogP contribution in [0, 0.1) is 0 Å². The Kier molecular flexibility index (Phi) is 3.72. The summed E-state index contributed by atoms with van der Waals surface area (Å²) in [5.74, 6) is -0.416. The predicted octanol–water partition coefficient (Wildman–Crippen LogP) is -0.693. The van der Waals surface area contributed by atoms with Crippen molar-refractivity contribution in [3.05, 3.63) is 0 Å². The maximum absolute atomic E-state index is 10.7. The molecule has 0 spiro atoms. The Morgan fingerprint density at radius 2 is 2.27 bits per heavy atom. The van der Waals surface area contributed by atoms with Gasteiger partial charge in [-0.25, -0.2) is 0 Å². The van der Waals surface area contributed by atoms with Crippen molar-refractivity contribution < 1.29 is 14.3 Å². The van der Waals surface area contributed by atoms with Crippen molar-refractivity contribution in [1.29, 1.82) is 0 Å². The first-order valence-electron chi connectivity index (χ1n) is 3.15. The van der Waals surface area contributed by atoms with Crippen LogP contribution < -0.4 is 11.1 Å². The molecule has 2 atom stereocenters. The van der Waals surface area contributed by atoms with Crippen molar-refractivity contribution in [2.45, 2.75) is 13.0 Å². The Labute approximate surface area is 65.4 Å². The van der Waals surface area contributed by atoms with Gasteiger partial charge in [-0.05, 0) is 6.92 Å². The molecule has 66 valence electrons. The zero-order valence-corrected chi connectivity index (χ0v) is 7.47. The minimum absolute atomic E-state index is 0.215. The van der Waals surface area contributed by atoms with Gasteiger partial charge in [-0.15, -0.1) is 0 Å². The van der Waals surface area contributed by atoms with Gasteiger partial charge in [-0.1, -0.05) is 0 Å². The second kappa shape index (κ2) is 3.85. The van der Waals surface area contributed by atoms with Crippen molar-refractivity contribution in [3.8, 4) is 0 Å². The summed E-state index contributed by atoms with van der Waals surface area (Å²) in [7, 11) is -3.15. The van der Waals surface area contributed by atoms with Crippen LogP contribution in [0.5, 0.6) is 0 Å². The summed E-state index contributed by atoms with van der Waals surface area (Å²) in [4.78, 5) is 19.5. The standard InChI is InChI=1S/C5H13N2O3P/c1-4(6)5(8)7-3-11(2,9)10/h4H,3,6H2,1-2H3,(H,7,8)(H,9,10)/t4-/m0/s1. The van der Waals surface area contributed by atoms with Gasteiger partial charge in [0.1, 0.15) is 0 Å². The van der Waals surface area contributed by atoms with E-state index in [4.69, 9.17) is 10.6 Å². The normalized spacial score (nSPS) is 18.5. The highest BCUT2D eigenvalue weighted by atomic mass is 31.2. The van der Waals surface area contributed by atoms with E-state index in [1.807, 2.05) is 0 Å². The molecule has 0 aromatic carbocycles. The van der Waals surface area contributed by atoms with E-state index < -0.39 is 19.3 Å². The summed E-state index contributed by atoms with van der Waals surface area (Å²) < 4.78 is 10.6. The Morgan fingerprint density at radius 1 is 1.82 bits per heavy atom. The maximum Gasteiger partial charge on any atom is 0.237 e. The van der Waals surface area contributed by atoms with Crippen molar-refractivity contribution in [1.82, 2.24) is 5.32 Å². The fourth-order valence-corrected chi connectivity index (χ4v) is 0.835. The number of nitrogens with two attached hydrogens (primary N) is 1. The van der Waals surface area contributed by atoms with Crippen molar-refractivity contribution >= 4 is 13.3 Å². The molecule has 1 unspecified atom stereocenters. The van der Waals surface area contributed by atoms with Crippen molar-refractivity contribution in [3.63, 3.8) is 0 Å². The van der Waals surface area contributed by atoms with Crippen LogP contribution in [0.1, 0.15) is 6.92 Å². The van der Waals surface area contributed by atoms with Gasteiger partial charge in [0, 0.05) is 6.66 Å². The molecule has 0 aliphatic rings. The van der Waals surface area contributed by atoms with Crippen LogP contribution in [0.4, 0.5) is 0 Å². The van der Waals surface area contributed by atoms with Gasteiger partial charge in [-0.3, -0.25) is 9.36 Å². The van der Waals surface area contributed by atoms with Gasteiger partial charge < -0.3 is 15.9 Å². The van der Waals surface area contributed by atoms with Gasteiger partial charge in [0.2, 0.25) is 13.3 Å². The van der Waals surface area contributed by atoms with Crippen LogP contribution in [0.3, 0.4) is 0 Å². The lowest BCUT2D eigenvalue weighted by atomic mass is 10.3. The van der Waals surface area contributed by atoms with E-state index in [1.54, 1.807) is 0 Å². The van der Waals surface area contributed by atoms with Gasteiger partial charge in [0.05, 0.1) is 12.3 Å². The van der Waals surface area contributed by atoms with Gasteiger partial charge in [0.25, 0.3) is 0 Å². The molecule has 0 fully saturated rings. The molecule has 0 saturated carbocycles. The Balaban J connectivity index is 3.73. The third-order valence-corrected chi connectivity index (χ3v) is 1.71. The van der Waals surface area contributed by atoms with Gasteiger partial charge in [0.15, 0.2) is 0 Å². The lowest BCUT2D eigenvalue weighted by molar-refractivity contribution is -0.121. The van der Waals surface area contributed by atoms with E-state index in [1.165, 1.54) is 13.6 Å². The number of hydrogen-bond donors (Lipinski definition) is 3. The fraction of sp³-hybridized carbons (Fsp3) is 0.800. The summed E-state index contributed by atoms with van der Waals surface area (Å²) in [6, 6.07) is -0.637. The van der Waals surface area contributed by atoms with E-state index in [-0.39, 0.29) is 6.29 Å². The molecule has 11 heavy (non-hydrogen) atoms. The van der Waals surface area contributed by atoms with E-state index in [0.717, 1.165) is 0 Å². The Bertz CT molecular complexity index is 186. The number of hydrogen-bond acceptors (Lipinski definition) is 3. The third kappa shape index (κ3) is 6.04. The smallest absolute Gasteiger partial charge is 0.237 e. The number of amides is 1. The Morgan fingerprint density at radius 3 is 2.55 bits per heavy atom. The molecule has 0 bridgehead atoms. The fourth-order valence-electron chi connectivity index (χ4n) is 0.386. The van der Waals surface area contributed by atoms with Crippen molar-refractivity contribution in [2.24, 2.45) is 5.73 Å². The SMILES string of the molecule is C[C@H](N)C(=O)NCP(C)(=O)O. The van der Waals surface area contributed by atoms with Crippen LogP contribution >= 0.6 is 7.37 Å². The highest BCUT2D eigenvalue weighted by molar-refractivity contribution is 7.57. The largest absolute Gasteiger partial charge is 0.345 e. The lowest BCUT2D eigenvalue weighted by Crippen LogP contribution is -2.38. The Hall–Kier alpha value is -0.380. The first-order valence-corrected chi connectivity index (χ1v) is 5.45. The molecule has 5 nitrogen and oxygen atoms in total. The zero-order chi connectivity index (χ0) is 9.07. The van der Waals surface area contributed by atoms with E-state index in [0.29, 0.717) is 0 Å². The summed E-state index contributed by atoms with van der Waals surface area (Å²) >= 11 is 0. The predicted molar refractivity (Wildman–Crippen MR) is 42.4 cm³/mol. The zero-order valence-electron chi connectivity index (χ0n) is 6.57. The number of rotatable bonds is 3. The summed E-state index contributed by atoms with van der Waals surface area (Å²) in [5, 5.41) is 2.24. The second-order valence-corrected chi connectivity index (χ2v) is 4.96. The minimum Gasteiger partial charge on any atom is -0.345 e. The van der Waals surface area contributed by atoms with Gasteiger partial charge in [-0.2, -0.15) is 0 Å². The molecule has 0 radical (unpaired) electrons. The molecule has 6 heteroatoms. The quantitative estimate of drug-likeness (QED) is 0.501. The van der Waals surface area contributed by atoms with E-state index >= 15 is 0 Å². The molecule has 0 saturated heterocycles. The summed E-state index contributed by atoms with van der Waals surface area (Å²) in [6.07, 6.45) is -0.215. The highest BCUT2D eigenvalue weighted by Gasteiger charge is 2.13. The molecule has 0 aliphatic carbocycles. The maximum atomic E-state index is 10.7. The monoisotopic (exact) mass is 180 g/mol. The van der Waals surface area contributed by atoms with Gasteiger partial charge >= 0.3 is 0 Å². The molecule has 0 aromatic rings.